The lowest BCUT2D eigenvalue weighted by Gasteiger charge is -2.11. The third-order valence-corrected chi connectivity index (χ3v) is 5.60. The highest BCUT2D eigenvalue weighted by molar-refractivity contribution is 7.98. The van der Waals surface area contributed by atoms with Crippen LogP contribution >= 0.6 is 34.7 Å². The first-order valence-corrected chi connectivity index (χ1v) is 10.3. The Morgan fingerprint density at radius 1 is 1.39 bits per heavy atom. The second kappa shape index (κ2) is 8.56. The molecule has 28 heavy (non-hydrogen) atoms. The van der Waals surface area contributed by atoms with Crippen LogP contribution in [0.1, 0.15) is 23.2 Å². The van der Waals surface area contributed by atoms with Crippen LogP contribution in [-0.2, 0) is 10.5 Å². The van der Waals surface area contributed by atoms with Crippen molar-refractivity contribution in [3.05, 3.63) is 44.9 Å². The maximum Gasteiger partial charge on any atom is 0.221 e. The lowest BCUT2D eigenvalue weighted by atomic mass is 10.1. The van der Waals surface area contributed by atoms with Crippen molar-refractivity contribution in [1.82, 2.24) is 15.0 Å². The van der Waals surface area contributed by atoms with Crippen molar-refractivity contribution >= 4 is 52.1 Å². The van der Waals surface area contributed by atoms with Gasteiger partial charge in [-0.15, -0.1) is 11.3 Å². The molecule has 0 atom stereocenters. The summed E-state index contributed by atoms with van der Waals surface area (Å²) < 4.78 is 0. The van der Waals surface area contributed by atoms with Gasteiger partial charge in [0, 0.05) is 29.3 Å². The van der Waals surface area contributed by atoms with E-state index in [1.165, 1.54) is 18.7 Å². The van der Waals surface area contributed by atoms with Crippen LogP contribution in [0, 0.1) is 18.3 Å². The van der Waals surface area contributed by atoms with E-state index in [0.717, 1.165) is 10.7 Å². The fraction of sp³-hybridized carbons (Fsp3) is 0.167. The molecule has 1 amide bonds. The highest BCUT2D eigenvalue weighted by Gasteiger charge is 2.17. The van der Waals surface area contributed by atoms with Gasteiger partial charge >= 0.3 is 0 Å². The number of hydrogen-bond donors (Lipinski definition) is 2. The number of nitrogens with zero attached hydrogens (tertiary/aromatic N) is 4. The average Bonchev–Trinajstić information content (AvgIpc) is 3.04. The molecule has 0 saturated heterocycles. The number of rotatable bonds is 5. The number of nitriles is 1. The van der Waals surface area contributed by atoms with Crippen molar-refractivity contribution < 1.29 is 4.79 Å². The fourth-order valence-electron chi connectivity index (χ4n) is 2.43. The van der Waals surface area contributed by atoms with Crippen LogP contribution in [0.25, 0.3) is 11.3 Å². The fourth-order valence-corrected chi connectivity index (χ4v) is 4.16. The van der Waals surface area contributed by atoms with Gasteiger partial charge in [0.05, 0.1) is 21.4 Å². The summed E-state index contributed by atoms with van der Waals surface area (Å²) in [6, 6.07) is 7.02. The molecule has 0 saturated carbocycles. The number of halogens is 1. The second-order valence-electron chi connectivity index (χ2n) is 5.75. The van der Waals surface area contributed by atoms with Crippen LogP contribution in [0.2, 0.25) is 5.02 Å². The number of anilines is 2. The smallest absolute Gasteiger partial charge is 0.221 e. The predicted molar refractivity (Wildman–Crippen MR) is 112 cm³/mol. The van der Waals surface area contributed by atoms with Crippen LogP contribution in [0.4, 0.5) is 11.5 Å². The van der Waals surface area contributed by atoms with Gasteiger partial charge in [-0.05, 0) is 25.1 Å². The number of nitrogens with two attached hydrogens (primary N) is 1. The third-order valence-electron chi connectivity index (χ3n) is 3.59. The second-order valence-corrected chi connectivity index (χ2v) is 8.16. The van der Waals surface area contributed by atoms with Gasteiger partial charge in [-0.25, -0.2) is 15.0 Å². The molecule has 7 nitrogen and oxygen atoms in total. The highest BCUT2D eigenvalue weighted by Crippen LogP contribution is 2.34. The minimum atomic E-state index is -0.205. The molecule has 3 aromatic rings. The standard InChI is InChI=1S/C18H15ClN6OS2/c1-9(26)22-11-3-4-13(15(19)5-11)16-14(6-20)17(21)25-18(24-16)28-8-12-7-27-10(2)23-12/h3-5,7H,8H2,1-2H3,(H,22,26)(H2,21,24,25). The molecule has 0 unspecified atom stereocenters. The van der Waals surface area contributed by atoms with Gasteiger partial charge in [0.25, 0.3) is 0 Å². The zero-order valence-electron chi connectivity index (χ0n) is 15.0. The van der Waals surface area contributed by atoms with E-state index in [-0.39, 0.29) is 17.3 Å². The summed E-state index contributed by atoms with van der Waals surface area (Å²) in [6.07, 6.45) is 0. The monoisotopic (exact) mass is 430 g/mol. The van der Waals surface area contributed by atoms with Crippen molar-refractivity contribution in [2.45, 2.75) is 24.8 Å². The summed E-state index contributed by atoms with van der Waals surface area (Å²) in [5.41, 5.74) is 8.51. The first-order chi connectivity index (χ1) is 13.4. The van der Waals surface area contributed by atoms with Crippen molar-refractivity contribution in [3.63, 3.8) is 0 Å². The first-order valence-electron chi connectivity index (χ1n) is 8.06. The summed E-state index contributed by atoms with van der Waals surface area (Å²) in [7, 11) is 0. The molecule has 0 aliphatic heterocycles. The lowest BCUT2D eigenvalue weighted by molar-refractivity contribution is -0.114. The molecular weight excluding hydrogens is 416 g/mol. The number of thioether (sulfide) groups is 1. The van der Waals surface area contributed by atoms with Crippen molar-refractivity contribution in [2.75, 3.05) is 11.1 Å². The molecule has 0 aliphatic carbocycles. The molecular formula is C18H15ClN6OS2. The maximum atomic E-state index is 11.2. The predicted octanol–water partition coefficient (Wildman–Crippen LogP) is 4.27. The molecule has 0 fully saturated rings. The van der Waals surface area contributed by atoms with Crippen molar-refractivity contribution in [1.29, 1.82) is 5.26 Å². The van der Waals surface area contributed by atoms with Gasteiger partial charge in [0.1, 0.15) is 17.5 Å². The SMILES string of the molecule is CC(=O)Nc1ccc(-c2nc(SCc3csc(C)n3)nc(N)c2C#N)c(Cl)c1. The Hall–Kier alpha value is -2.67. The minimum Gasteiger partial charge on any atom is -0.382 e. The summed E-state index contributed by atoms with van der Waals surface area (Å²) >= 11 is 9.33. The molecule has 10 heteroatoms. The normalized spacial score (nSPS) is 10.5. The topological polar surface area (TPSA) is 118 Å². The van der Waals surface area contributed by atoms with E-state index in [4.69, 9.17) is 17.3 Å². The molecule has 3 N–H and O–H groups in total. The molecule has 0 spiro atoms. The van der Waals surface area contributed by atoms with Crippen LogP contribution < -0.4 is 11.1 Å². The van der Waals surface area contributed by atoms with E-state index in [9.17, 15) is 10.1 Å². The molecule has 0 aliphatic rings. The van der Waals surface area contributed by atoms with Crippen LogP contribution in [0.15, 0.2) is 28.7 Å². The Kier molecular flexibility index (Phi) is 6.14. The van der Waals surface area contributed by atoms with E-state index in [1.54, 1.807) is 29.5 Å². The Morgan fingerprint density at radius 2 is 2.18 bits per heavy atom. The van der Waals surface area contributed by atoms with Gasteiger partial charge in [0.15, 0.2) is 5.16 Å². The van der Waals surface area contributed by atoms with Crippen molar-refractivity contribution in [2.24, 2.45) is 0 Å². The summed E-state index contributed by atoms with van der Waals surface area (Å²) in [6.45, 7) is 3.35. The zero-order valence-corrected chi connectivity index (χ0v) is 17.4. The Bertz CT molecular complexity index is 1090. The third kappa shape index (κ3) is 4.59. The van der Waals surface area contributed by atoms with E-state index in [1.807, 2.05) is 18.4 Å². The molecule has 1 aromatic carbocycles. The quantitative estimate of drug-likeness (QED) is 0.458. The molecule has 0 radical (unpaired) electrons. The summed E-state index contributed by atoms with van der Waals surface area (Å²) in [5, 5.41) is 15.9. The number of nitrogens with one attached hydrogen (secondary N) is 1. The minimum absolute atomic E-state index is 0.0893. The van der Waals surface area contributed by atoms with Gasteiger partial charge in [-0.3, -0.25) is 4.79 Å². The van der Waals surface area contributed by atoms with Gasteiger partial charge in [-0.1, -0.05) is 23.4 Å². The number of carbonyl (C=O) groups is 1. The number of hydrogen-bond acceptors (Lipinski definition) is 8. The zero-order chi connectivity index (χ0) is 20.3. The number of carbonyl (C=O) groups excluding carboxylic acids is 1. The number of thiazole rings is 1. The summed E-state index contributed by atoms with van der Waals surface area (Å²) in [4.78, 5) is 24.4. The van der Waals surface area contributed by atoms with Crippen LogP contribution in [0.5, 0.6) is 0 Å². The Morgan fingerprint density at radius 3 is 2.79 bits per heavy atom. The average molecular weight is 431 g/mol. The Balaban J connectivity index is 1.96. The van der Waals surface area contributed by atoms with Gasteiger partial charge in [-0.2, -0.15) is 5.26 Å². The Labute approximate surface area is 175 Å². The van der Waals surface area contributed by atoms with E-state index in [2.05, 4.69) is 20.3 Å². The number of nitrogen functional groups attached to an aromatic ring is 1. The summed E-state index contributed by atoms with van der Waals surface area (Å²) in [5.74, 6) is 0.472. The number of aryl methyl sites for hydroxylation is 1. The van der Waals surface area contributed by atoms with Gasteiger partial charge in [0.2, 0.25) is 5.91 Å². The number of amides is 1. The van der Waals surface area contributed by atoms with E-state index < -0.39 is 0 Å². The van der Waals surface area contributed by atoms with Crippen LogP contribution in [0.3, 0.4) is 0 Å². The largest absolute Gasteiger partial charge is 0.382 e. The number of benzene rings is 1. The molecule has 2 aromatic heterocycles. The molecule has 142 valence electrons. The molecule has 3 rings (SSSR count). The van der Waals surface area contributed by atoms with E-state index >= 15 is 0 Å². The first kappa shape index (κ1) is 20.1. The van der Waals surface area contributed by atoms with E-state index in [0.29, 0.717) is 32.9 Å². The van der Waals surface area contributed by atoms with Crippen molar-refractivity contribution in [3.8, 4) is 17.3 Å². The molecule has 0 bridgehead atoms. The van der Waals surface area contributed by atoms with Gasteiger partial charge < -0.3 is 11.1 Å². The lowest BCUT2D eigenvalue weighted by Crippen LogP contribution is -2.06. The highest BCUT2D eigenvalue weighted by atomic mass is 35.5. The van der Waals surface area contributed by atoms with Crippen LogP contribution in [-0.4, -0.2) is 20.9 Å². The maximum absolute atomic E-state index is 11.2. The molecule has 2 heterocycles. The number of aromatic nitrogens is 3.